The van der Waals surface area contributed by atoms with E-state index in [0.29, 0.717) is 18.6 Å². The lowest BCUT2D eigenvalue weighted by atomic mass is 9.73. The molecule has 0 aromatic heterocycles. The molecule has 0 radical (unpaired) electrons. The van der Waals surface area contributed by atoms with Gasteiger partial charge in [-0.3, -0.25) is 0 Å². The maximum absolute atomic E-state index is 11.8. The molecule has 1 atom stereocenters. The molecule has 1 aromatic carbocycles. The van der Waals surface area contributed by atoms with Gasteiger partial charge in [-0.25, -0.2) is 4.79 Å². The van der Waals surface area contributed by atoms with Gasteiger partial charge in [0, 0.05) is 11.5 Å². The van der Waals surface area contributed by atoms with Crippen molar-refractivity contribution >= 4 is 11.5 Å². The van der Waals surface area contributed by atoms with Crippen LogP contribution >= 0.6 is 0 Å². The molecular weight excluding hydrogens is 288 g/mol. The summed E-state index contributed by atoms with van der Waals surface area (Å²) in [7, 11) is 0. The summed E-state index contributed by atoms with van der Waals surface area (Å²) >= 11 is 0. The van der Waals surface area contributed by atoms with Gasteiger partial charge in [0.25, 0.3) is 0 Å². The minimum atomic E-state index is -0.679. The van der Waals surface area contributed by atoms with Gasteiger partial charge in [-0.15, -0.1) is 0 Å². The third-order valence-corrected chi connectivity index (χ3v) is 4.18. The van der Waals surface area contributed by atoms with E-state index in [1.807, 2.05) is 13.8 Å². The molecule has 23 heavy (non-hydrogen) atoms. The quantitative estimate of drug-likeness (QED) is 0.678. The van der Waals surface area contributed by atoms with Gasteiger partial charge in [-0.2, -0.15) is 0 Å². The number of aliphatic hydroxyl groups is 1. The Kier molecular flexibility index (Phi) is 5.10. The molecule has 1 aromatic rings. The fourth-order valence-electron chi connectivity index (χ4n) is 3.18. The zero-order valence-electron chi connectivity index (χ0n) is 14.6. The van der Waals surface area contributed by atoms with Crippen LogP contribution in [0, 0.1) is 19.3 Å². The number of ether oxygens (including phenoxy) is 1. The van der Waals surface area contributed by atoms with E-state index >= 15 is 0 Å². The van der Waals surface area contributed by atoms with Crippen LogP contribution < -0.4 is 0 Å². The first kappa shape index (κ1) is 17.5. The van der Waals surface area contributed by atoms with E-state index in [1.165, 1.54) is 17.2 Å². The van der Waals surface area contributed by atoms with Crippen LogP contribution in [0.4, 0.5) is 0 Å². The van der Waals surface area contributed by atoms with Crippen LogP contribution in [0.2, 0.25) is 0 Å². The third-order valence-electron chi connectivity index (χ3n) is 4.18. The normalized spacial score (nSPS) is 21.9. The summed E-state index contributed by atoms with van der Waals surface area (Å²) in [6.45, 7) is 10.2. The van der Waals surface area contributed by atoms with Crippen LogP contribution in [0.3, 0.4) is 0 Å². The Labute approximate surface area is 138 Å². The highest BCUT2D eigenvalue weighted by Gasteiger charge is 2.34. The lowest BCUT2D eigenvalue weighted by Gasteiger charge is -2.35. The molecule has 0 aliphatic heterocycles. The number of hydrogen-bond acceptors (Lipinski definition) is 3. The van der Waals surface area contributed by atoms with Gasteiger partial charge in [-0.1, -0.05) is 49.2 Å². The number of aryl methyl sites for hydroxylation is 2. The zero-order valence-corrected chi connectivity index (χ0v) is 14.6. The largest absolute Gasteiger partial charge is 0.463 e. The van der Waals surface area contributed by atoms with Gasteiger partial charge in [0.1, 0.15) is 0 Å². The molecule has 0 amide bonds. The third kappa shape index (κ3) is 4.11. The van der Waals surface area contributed by atoms with E-state index in [0.717, 1.165) is 11.1 Å². The zero-order chi connectivity index (χ0) is 17.2. The van der Waals surface area contributed by atoms with E-state index < -0.39 is 11.5 Å². The standard InChI is InChI=1S/C20H26O3/c1-6-23-18(21)11-16-10-17(12-20(4,5)19(16)22)15-8-13(2)7-14(3)9-15/h7-9,11-12,19,22H,6,10H2,1-5H3/b16-11-. The molecule has 0 saturated carbocycles. The average Bonchev–Trinajstić information content (AvgIpc) is 2.42. The maximum atomic E-state index is 11.8. The number of benzene rings is 1. The second-order valence-electron chi connectivity index (χ2n) is 6.92. The highest BCUT2D eigenvalue weighted by molar-refractivity contribution is 5.84. The van der Waals surface area contributed by atoms with Gasteiger partial charge in [0.2, 0.25) is 0 Å². The van der Waals surface area contributed by atoms with Gasteiger partial charge in [-0.05, 0) is 43.9 Å². The molecule has 3 heteroatoms. The second kappa shape index (κ2) is 6.71. The van der Waals surface area contributed by atoms with Crippen molar-refractivity contribution in [1.29, 1.82) is 0 Å². The molecule has 0 spiro atoms. The Bertz CT molecular complexity index is 645. The molecule has 1 aliphatic rings. The van der Waals surface area contributed by atoms with Crippen molar-refractivity contribution in [1.82, 2.24) is 0 Å². The molecule has 124 valence electrons. The fourth-order valence-corrected chi connectivity index (χ4v) is 3.18. The van der Waals surface area contributed by atoms with Crippen molar-refractivity contribution in [2.75, 3.05) is 6.61 Å². The van der Waals surface area contributed by atoms with Crippen LogP contribution in [-0.4, -0.2) is 23.8 Å². The van der Waals surface area contributed by atoms with Crippen LogP contribution in [-0.2, 0) is 9.53 Å². The molecule has 0 saturated heterocycles. The highest BCUT2D eigenvalue weighted by Crippen LogP contribution is 2.41. The molecule has 0 heterocycles. The molecule has 0 bridgehead atoms. The number of carbonyl (C=O) groups is 1. The van der Waals surface area contributed by atoms with Crippen LogP contribution in [0.1, 0.15) is 43.9 Å². The first-order valence-electron chi connectivity index (χ1n) is 8.08. The van der Waals surface area contributed by atoms with Crippen molar-refractivity contribution in [3.8, 4) is 0 Å². The molecule has 2 rings (SSSR count). The number of carbonyl (C=O) groups excluding carboxylic acids is 1. The smallest absolute Gasteiger partial charge is 0.330 e. The highest BCUT2D eigenvalue weighted by atomic mass is 16.5. The maximum Gasteiger partial charge on any atom is 0.330 e. The number of allylic oxidation sites excluding steroid dienone is 1. The number of aliphatic hydroxyl groups excluding tert-OH is 1. The molecule has 1 aliphatic carbocycles. The van der Waals surface area contributed by atoms with E-state index in [1.54, 1.807) is 6.92 Å². The lowest BCUT2D eigenvalue weighted by molar-refractivity contribution is -0.137. The molecule has 1 unspecified atom stereocenters. The van der Waals surface area contributed by atoms with Crippen molar-refractivity contribution < 1.29 is 14.6 Å². The first-order valence-corrected chi connectivity index (χ1v) is 8.08. The molecular formula is C20H26O3. The predicted molar refractivity (Wildman–Crippen MR) is 93.0 cm³/mol. The summed E-state index contributed by atoms with van der Waals surface area (Å²) < 4.78 is 4.99. The van der Waals surface area contributed by atoms with Crippen molar-refractivity contribution in [2.45, 2.75) is 47.1 Å². The van der Waals surface area contributed by atoms with Gasteiger partial charge in [0.05, 0.1) is 12.7 Å². The summed E-state index contributed by atoms with van der Waals surface area (Å²) in [6.07, 6.45) is 3.45. The average molecular weight is 314 g/mol. The molecule has 0 fully saturated rings. The lowest BCUT2D eigenvalue weighted by Crippen LogP contribution is -2.33. The fraction of sp³-hybridized carbons (Fsp3) is 0.450. The summed E-state index contributed by atoms with van der Waals surface area (Å²) in [4.78, 5) is 11.8. The Balaban J connectivity index is 2.43. The Morgan fingerprint density at radius 3 is 2.48 bits per heavy atom. The molecule has 3 nitrogen and oxygen atoms in total. The van der Waals surface area contributed by atoms with E-state index in [9.17, 15) is 9.90 Å². The van der Waals surface area contributed by atoms with Crippen LogP contribution in [0.25, 0.3) is 5.57 Å². The summed E-state index contributed by atoms with van der Waals surface area (Å²) in [6, 6.07) is 6.44. The van der Waals surface area contributed by atoms with E-state index in [2.05, 4.69) is 38.1 Å². The Morgan fingerprint density at radius 2 is 1.91 bits per heavy atom. The SMILES string of the molecule is CCOC(=O)/C=C1/CC(c2cc(C)cc(C)c2)=CC(C)(C)C1O. The van der Waals surface area contributed by atoms with Crippen LogP contribution in [0.15, 0.2) is 35.9 Å². The minimum absolute atomic E-state index is 0.335. The second-order valence-corrected chi connectivity index (χ2v) is 6.92. The summed E-state index contributed by atoms with van der Waals surface area (Å²) in [5, 5.41) is 10.6. The van der Waals surface area contributed by atoms with E-state index in [-0.39, 0.29) is 5.97 Å². The molecule has 1 N–H and O–H groups in total. The van der Waals surface area contributed by atoms with Crippen molar-refractivity contribution in [2.24, 2.45) is 5.41 Å². The monoisotopic (exact) mass is 314 g/mol. The predicted octanol–water partition coefficient (Wildman–Crippen LogP) is 3.97. The number of rotatable bonds is 3. The Morgan fingerprint density at radius 1 is 1.30 bits per heavy atom. The van der Waals surface area contributed by atoms with Crippen molar-refractivity contribution in [3.05, 3.63) is 52.6 Å². The summed E-state index contributed by atoms with van der Waals surface area (Å²) in [5.74, 6) is -0.390. The van der Waals surface area contributed by atoms with Crippen LogP contribution in [0.5, 0.6) is 0 Å². The first-order chi connectivity index (χ1) is 10.7. The van der Waals surface area contributed by atoms with E-state index in [4.69, 9.17) is 4.74 Å². The van der Waals surface area contributed by atoms with Crippen molar-refractivity contribution in [3.63, 3.8) is 0 Å². The number of hydrogen-bond donors (Lipinski definition) is 1. The minimum Gasteiger partial charge on any atom is -0.463 e. The summed E-state index contributed by atoms with van der Waals surface area (Å²) in [5.41, 5.74) is 5.00. The van der Waals surface area contributed by atoms with Gasteiger partial charge >= 0.3 is 5.97 Å². The number of esters is 1. The van der Waals surface area contributed by atoms with Gasteiger partial charge in [0.15, 0.2) is 0 Å². The Hall–Kier alpha value is -1.87. The topological polar surface area (TPSA) is 46.5 Å². The van der Waals surface area contributed by atoms with Gasteiger partial charge < -0.3 is 9.84 Å².